The molecule has 0 bridgehead atoms. The van der Waals surface area contributed by atoms with E-state index in [0.717, 1.165) is 62.4 Å². The van der Waals surface area contributed by atoms with Gasteiger partial charge in [-0.25, -0.2) is 4.98 Å². The summed E-state index contributed by atoms with van der Waals surface area (Å²) in [6, 6.07) is 8.23. The average Bonchev–Trinajstić information content (AvgIpc) is 3.18. The standard InChI is InChI=1S/C21H27N3O3S/c1-27-21(26)15-8-11-23(12-9-15)14-19(25)24-10-4-5-16(13-24)20-22-17-6-2-3-7-18(17)28-20/h2-3,6-7,15-16H,4-5,8-14H2,1H3/t16-/m1/s1. The smallest absolute Gasteiger partial charge is 0.308 e. The molecule has 7 heteroatoms. The number of ether oxygens (including phenoxy) is 1. The molecule has 1 amide bonds. The number of fused-ring (bicyclic) bond motifs is 1. The van der Waals surface area contributed by atoms with Crippen LogP contribution in [-0.2, 0) is 14.3 Å². The van der Waals surface area contributed by atoms with Crippen molar-refractivity contribution >= 4 is 33.4 Å². The van der Waals surface area contributed by atoms with Crippen LogP contribution in [0.2, 0.25) is 0 Å². The summed E-state index contributed by atoms with van der Waals surface area (Å²) in [5.74, 6) is 0.387. The number of benzene rings is 1. The van der Waals surface area contributed by atoms with Gasteiger partial charge in [0.05, 0.1) is 34.8 Å². The molecule has 0 aliphatic carbocycles. The molecule has 1 aromatic heterocycles. The molecule has 1 aromatic carbocycles. The number of hydrogen-bond donors (Lipinski definition) is 0. The predicted octanol–water partition coefficient (Wildman–Crippen LogP) is 2.89. The van der Waals surface area contributed by atoms with E-state index < -0.39 is 0 Å². The lowest BCUT2D eigenvalue weighted by molar-refractivity contribution is -0.147. The lowest BCUT2D eigenvalue weighted by atomic mass is 9.96. The van der Waals surface area contributed by atoms with Crippen molar-refractivity contribution < 1.29 is 14.3 Å². The Morgan fingerprint density at radius 1 is 1.18 bits per heavy atom. The van der Waals surface area contributed by atoms with E-state index in [9.17, 15) is 9.59 Å². The predicted molar refractivity (Wildman–Crippen MR) is 109 cm³/mol. The van der Waals surface area contributed by atoms with Gasteiger partial charge in [0.15, 0.2) is 0 Å². The van der Waals surface area contributed by atoms with Gasteiger partial charge in [0.25, 0.3) is 0 Å². The molecule has 28 heavy (non-hydrogen) atoms. The highest BCUT2D eigenvalue weighted by molar-refractivity contribution is 7.18. The Morgan fingerprint density at radius 2 is 1.96 bits per heavy atom. The van der Waals surface area contributed by atoms with E-state index >= 15 is 0 Å². The van der Waals surface area contributed by atoms with Crippen molar-refractivity contribution in [3.63, 3.8) is 0 Å². The van der Waals surface area contributed by atoms with E-state index in [0.29, 0.717) is 12.5 Å². The molecular weight excluding hydrogens is 374 g/mol. The summed E-state index contributed by atoms with van der Waals surface area (Å²) >= 11 is 1.75. The summed E-state index contributed by atoms with van der Waals surface area (Å²) in [6.45, 7) is 3.60. The Balaban J connectivity index is 1.33. The largest absolute Gasteiger partial charge is 0.469 e. The SMILES string of the molecule is COC(=O)C1CCN(CC(=O)N2CCC[C@@H](c3nc4ccccc4s3)C2)CC1. The molecule has 2 fully saturated rings. The molecule has 0 saturated carbocycles. The molecule has 2 saturated heterocycles. The molecule has 2 aromatic rings. The van der Waals surface area contributed by atoms with Crippen LogP contribution in [0.25, 0.3) is 10.2 Å². The third-order valence-corrected chi connectivity index (χ3v) is 7.11. The number of rotatable bonds is 4. The van der Waals surface area contributed by atoms with Gasteiger partial charge >= 0.3 is 5.97 Å². The van der Waals surface area contributed by atoms with Crippen LogP contribution >= 0.6 is 11.3 Å². The number of para-hydroxylation sites is 1. The van der Waals surface area contributed by atoms with Crippen LogP contribution in [0, 0.1) is 5.92 Å². The Kier molecular flexibility index (Phi) is 5.92. The van der Waals surface area contributed by atoms with E-state index in [4.69, 9.17) is 9.72 Å². The quantitative estimate of drug-likeness (QED) is 0.737. The molecule has 0 spiro atoms. The molecule has 4 rings (SSSR count). The zero-order valence-corrected chi connectivity index (χ0v) is 17.1. The molecule has 150 valence electrons. The Bertz CT molecular complexity index is 811. The number of hydrogen-bond acceptors (Lipinski definition) is 6. The maximum atomic E-state index is 12.9. The maximum absolute atomic E-state index is 12.9. The van der Waals surface area contributed by atoms with E-state index in [1.807, 2.05) is 17.0 Å². The van der Waals surface area contributed by atoms with Crippen molar-refractivity contribution in [2.24, 2.45) is 5.92 Å². The van der Waals surface area contributed by atoms with Gasteiger partial charge in [-0.15, -0.1) is 11.3 Å². The summed E-state index contributed by atoms with van der Waals surface area (Å²) in [5.41, 5.74) is 1.06. The van der Waals surface area contributed by atoms with Gasteiger partial charge in [-0.3, -0.25) is 14.5 Å². The van der Waals surface area contributed by atoms with Crippen molar-refractivity contribution in [2.75, 3.05) is 39.8 Å². The van der Waals surface area contributed by atoms with Crippen molar-refractivity contribution in [3.05, 3.63) is 29.3 Å². The first-order valence-electron chi connectivity index (χ1n) is 10.1. The number of methoxy groups -OCH3 is 1. The number of piperidine rings is 2. The van der Waals surface area contributed by atoms with Crippen molar-refractivity contribution in [1.29, 1.82) is 0 Å². The van der Waals surface area contributed by atoms with Gasteiger partial charge in [-0.05, 0) is 50.9 Å². The van der Waals surface area contributed by atoms with Crippen molar-refractivity contribution in [3.8, 4) is 0 Å². The summed E-state index contributed by atoms with van der Waals surface area (Å²) in [5, 5.41) is 1.15. The zero-order chi connectivity index (χ0) is 19.5. The first-order chi connectivity index (χ1) is 13.6. The first kappa shape index (κ1) is 19.3. The monoisotopic (exact) mass is 401 g/mol. The summed E-state index contributed by atoms with van der Waals surface area (Å²) < 4.78 is 6.06. The topological polar surface area (TPSA) is 62.7 Å². The number of carbonyl (C=O) groups is 2. The van der Waals surface area contributed by atoms with Crippen molar-refractivity contribution in [2.45, 2.75) is 31.6 Å². The number of nitrogens with zero attached hydrogens (tertiary/aromatic N) is 3. The zero-order valence-electron chi connectivity index (χ0n) is 16.3. The molecule has 0 unspecified atom stereocenters. The number of thiazole rings is 1. The fourth-order valence-corrected chi connectivity index (χ4v) is 5.35. The summed E-state index contributed by atoms with van der Waals surface area (Å²) in [6.07, 6.45) is 3.66. The van der Waals surface area contributed by atoms with Gasteiger partial charge in [0.1, 0.15) is 0 Å². The maximum Gasteiger partial charge on any atom is 0.308 e. The molecule has 6 nitrogen and oxygen atoms in total. The Hall–Kier alpha value is -1.99. The third kappa shape index (κ3) is 4.20. The highest BCUT2D eigenvalue weighted by Crippen LogP contribution is 2.33. The Labute approximate surface area is 169 Å². The van der Waals surface area contributed by atoms with Crippen LogP contribution in [0.4, 0.5) is 0 Å². The minimum absolute atomic E-state index is 0.0187. The lowest BCUT2D eigenvalue weighted by Crippen LogP contribution is -2.47. The second-order valence-electron chi connectivity index (χ2n) is 7.77. The van der Waals surface area contributed by atoms with E-state index in [2.05, 4.69) is 17.0 Å². The molecule has 0 N–H and O–H groups in total. The van der Waals surface area contributed by atoms with E-state index in [-0.39, 0.29) is 17.8 Å². The average molecular weight is 402 g/mol. The van der Waals surface area contributed by atoms with Gasteiger partial charge in [-0.2, -0.15) is 0 Å². The van der Waals surface area contributed by atoms with Crippen LogP contribution in [0.5, 0.6) is 0 Å². The second kappa shape index (κ2) is 8.57. The highest BCUT2D eigenvalue weighted by atomic mass is 32.1. The molecule has 1 atom stereocenters. The third-order valence-electron chi connectivity index (χ3n) is 5.91. The summed E-state index contributed by atoms with van der Waals surface area (Å²) in [4.78, 5) is 33.5. The van der Waals surface area contributed by atoms with Gasteiger partial charge in [0, 0.05) is 19.0 Å². The molecule has 0 radical (unpaired) electrons. The molecule has 3 heterocycles. The Morgan fingerprint density at radius 3 is 2.71 bits per heavy atom. The molecule has 2 aliphatic heterocycles. The van der Waals surface area contributed by atoms with Crippen LogP contribution in [0.3, 0.4) is 0 Å². The van der Waals surface area contributed by atoms with Gasteiger partial charge < -0.3 is 9.64 Å². The fourth-order valence-electron chi connectivity index (χ4n) is 4.25. The molecule has 2 aliphatic rings. The van der Waals surface area contributed by atoms with E-state index in [1.165, 1.54) is 11.8 Å². The van der Waals surface area contributed by atoms with E-state index in [1.54, 1.807) is 11.3 Å². The highest BCUT2D eigenvalue weighted by Gasteiger charge is 2.30. The van der Waals surface area contributed by atoms with Gasteiger partial charge in [-0.1, -0.05) is 12.1 Å². The fraction of sp³-hybridized carbons (Fsp3) is 0.571. The molecular formula is C21H27N3O3S. The minimum atomic E-state index is -0.124. The normalized spacial score (nSPS) is 21.8. The van der Waals surface area contributed by atoms with Gasteiger partial charge in [0.2, 0.25) is 5.91 Å². The van der Waals surface area contributed by atoms with Crippen molar-refractivity contribution in [1.82, 2.24) is 14.8 Å². The number of carbonyl (C=O) groups excluding carboxylic acids is 2. The van der Waals surface area contributed by atoms with Crippen LogP contribution < -0.4 is 0 Å². The summed E-state index contributed by atoms with van der Waals surface area (Å²) in [7, 11) is 1.44. The lowest BCUT2D eigenvalue weighted by Gasteiger charge is -2.35. The van der Waals surface area contributed by atoms with Crippen LogP contribution in [0.1, 0.15) is 36.6 Å². The number of esters is 1. The van der Waals surface area contributed by atoms with Crippen LogP contribution in [-0.4, -0.2) is 66.5 Å². The number of amides is 1. The second-order valence-corrected chi connectivity index (χ2v) is 8.83. The first-order valence-corrected chi connectivity index (χ1v) is 10.9. The van der Waals surface area contributed by atoms with Crippen LogP contribution in [0.15, 0.2) is 24.3 Å². The number of likely N-dealkylation sites (tertiary alicyclic amines) is 2. The number of aromatic nitrogens is 1. The minimum Gasteiger partial charge on any atom is -0.469 e.